The number of methoxy groups -OCH3 is 1. The summed E-state index contributed by atoms with van der Waals surface area (Å²) >= 11 is 3.27. The second-order valence-corrected chi connectivity index (χ2v) is 6.74. The lowest BCUT2D eigenvalue weighted by atomic mass is 10.1. The Morgan fingerprint density at radius 3 is 2.57 bits per heavy atom. The fourth-order valence-electron chi connectivity index (χ4n) is 2.73. The first kappa shape index (κ1) is 19.7. The molecule has 0 aliphatic heterocycles. The lowest BCUT2D eigenvalue weighted by Gasteiger charge is -2.09. The van der Waals surface area contributed by atoms with Crippen molar-refractivity contribution in [1.82, 2.24) is 5.43 Å². The second kappa shape index (κ2) is 8.75. The quantitative estimate of drug-likeness (QED) is 0.435. The minimum absolute atomic E-state index is 0.0175. The highest BCUT2D eigenvalue weighted by molar-refractivity contribution is 9.10. The molecule has 0 aliphatic rings. The van der Waals surface area contributed by atoms with Crippen LogP contribution in [-0.2, 0) is 0 Å². The van der Waals surface area contributed by atoms with E-state index in [2.05, 4.69) is 26.5 Å². The number of phenolic OH excluding ortho intramolecular Hbond substituents is 1. The van der Waals surface area contributed by atoms with Crippen molar-refractivity contribution in [2.24, 2.45) is 5.10 Å². The Morgan fingerprint density at radius 1 is 1.18 bits per heavy atom. The minimum Gasteiger partial charge on any atom is -0.503 e. The molecule has 3 aromatic rings. The molecular formula is C21H19BrN2O4. The fourth-order valence-corrected chi connectivity index (χ4v) is 3.18. The molecule has 0 spiro atoms. The molecule has 144 valence electrons. The summed E-state index contributed by atoms with van der Waals surface area (Å²) in [4.78, 5) is 12.6. The van der Waals surface area contributed by atoms with E-state index in [0.29, 0.717) is 33.7 Å². The number of aromatic hydroxyl groups is 1. The number of halogens is 1. The van der Waals surface area contributed by atoms with Gasteiger partial charge in [-0.25, -0.2) is 5.43 Å². The summed E-state index contributed by atoms with van der Waals surface area (Å²) in [5.74, 6) is 0.434. The van der Waals surface area contributed by atoms with E-state index >= 15 is 0 Å². The summed E-state index contributed by atoms with van der Waals surface area (Å²) in [5.41, 5.74) is 3.55. The third-order valence-corrected chi connectivity index (χ3v) is 4.65. The zero-order chi connectivity index (χ0) is 20.1. The van der Waals surface area contributed by atoms with Crippen molar-refractivity contribution in [1.29, 1.82) is 0 Å². The summed E-state index contributed by atoms with van der Waals surface area (Å²) in [6.45, 7) is 2.24. The normalized spacial score (nSPS) is 11.0. The lowest BCUT2D eigenvalue weighted by Crippen LogP contribution is -2.18. The van der Waals surface area contributed by atoms with E-state index in [9.17, 15) is 9.90 Å². The first-order chi connectivity index (χ1) is 13.5. The summed E-state index contributed by atoms with van der Waals surface area (Å²) < 4.78 is 11.2. The van der Waals surface area contributed by atoms with Crippen LogP contribution in [-0.4, -0.2) is 30.9 Å². The molecule has 0 saturated carbocycles. The van der Waals surface area contributed by atoms with Crippen LogP contribution in [0.5, 0.6) is 17.2 Å². The Balaban J connectivity index is 1.81. The largest absolute Gasteiger partial charge is 0.503 e. The van der Waals surface area contributed by atoms with Crippen molar-refractivity contribution in [2.75, 3.05) is 13.7 Å². The maximum Gasteiger partial charge on any atom is 0.275 e. The first-order valence-corrected chi connectivity index (χ1v) is 9.38. The van der Waals surface area contributed by atoms with Crippen LogP contribution in [0.2, 0.25) is 0 Å². The highest BCUT2D eigenvalue weighted by Crippen LogP contribution is 2.35. The average Bonchev–Trinajstić information content (AvgIpc) is 2.70. The van der Waals surface area contributed by atoms with Gasteiger partial charge in [-0.05, 0) is 63.5 Å². The van der Waals surface area contributed by atoms with E-state index in [1.807, 2.05) is 37.3 Å². The molecule has 7 heteroatoms. The van der Waals surface area contributed by atoms with Gasteiger partial charge in [0.2, 0.25) is 0 Å². The van der Waals surface area contributed by atoms with Crippen molar-refractivity contribution in [3.8, 4) is 17.2 Å². The van der Waals surface area contributed by atoms with E-state index in [4.69, 9.17) is 9.47 Å². The Hall–Kier alpha value is -3.06. The third kappa shape index (κ3) is 4.26. The second-order valence-electron chi connectivity index (χ2n) is 5.88. The van der Waals surface area contributed by atoms with Crippen molar-refractivity contribution >= 4 is 38.8 Å². The van der Waals surface area contributed by atoms with Crippen molar-refractivity contribution in [3.63, 3.8) is 0 Å². The number of carbonyl (C=O) groups excluding carboxylic acids is 1. The fraction of sp³-hybridized carbons (Fsp3) is 0.143. The Labute approximate surface area is 170 Å². The van der Waals surface area contributed by atoms with E-state index < -0.39 is 0 Å². The monoisotopic (exact) mass is 442 g/mol. The predicted octanol–water partition coefficient (Wildman–Crippen LogP) is 4.48. The molecule has 0 bridgehead atoms. The standard InChI is InChI=1S/C21H19BrN2O4/c1-3-28-19-9-13(8-17(22)20(19)25)12-23-24-21(26)16-10-14-6-4-5-7-15(14)11-18(16)27-2/h4-12,25H,3H2,1-2H3,(H,24,26)/b23-12+. The van der Waals surface area contributed by atoms with Gasteiger partial charge in [0.1, 0.15) is 5.75 Å². The molecule has 2 N–H and O–H groups in total. The summed E-state index contributed by atoms with van der Waals surface area (Å²) in [7, 11) is 1.52. The van der Waals surface area contributed by atoms with Crippen LogP contribution in [0.25, 0.3) is 10.8 Å². The van der Waals surface area contributed by atoms with Gasteiger partial charge in [-0.1, -0.05) is 24.3 Å². The van der Waals surface area contributed by atoms with Crippen LogP contribution in [0.4, 0.5) is 0 Å². The smallest absolute Gasteiger partial charge is 0.275 e. The number of rotatable bonds is 6. The van der Waals surface area contributed by atoms with Gasteiger partial charge in [0.15, 0.2) is 11.5 Å². The number of ether oxygens (including phenoxy) is 2. The van der Waals surface area contributed by atoms with E-state index in [1.165, 1.54) is 13.3 Å². The number of hydrogen-bond donors (Lipinski definition) is 2. The van der Waals surface area contributed by atoms with Crippen molar-refractivity contribution in [2.45, 2.75) is 6.92 Å². The highest BCUT2D eigenvalue weighted by atomic mass is 79.9. The number of phenols is 1. The zero-order valence-corrected chi connectivity index (χ0v) is 17.0. The van der Waals surface area contributed by atoms with Gasteiger partial charge >= 0.3 is 0 Å². The molecule has 0 atom stereocenters. The van der Waals surface area contributed by atoms with Gasteiger partial charge in [-0.15, -0.1) is 0 Å². The van der Waals surface area contributed by atoms with Gasteiger partial charge < -0.3 is 14.6 Å². The van der Waals surface area contributed by atoms with Gasteiger partial charge in [0.25, 0.3) is 5.91 Å². The van der Waals surface area contributed by atoms with Crippen LogP contribution in [0.3, 0.4) is 0 Å². The molecule has 3 rings (SSSR count). The number of benzene rings is 3. The van der Waals surface area contributed by atoms with Crippen molar-refractivity contribution in [3.05, 3.63) is 64.1 Å². The molecule has 3 aromatic carbocycles. The molecule has 28 heavy (non-hydrogen) atoms. The molecule has 0 heterocycles. The van der Waals surface area contributed by atoms with Crippen LogP contribution in [0.1, 0.15) is 22.8 Å². The summed E-state index contributed by atoms with van der Waals surface area (Å²) in [6, 6.07) is 14.6. The zero-order valence-electron chi connectivity index (χ0n) is 15.4. The molecule has 0 aromatic heterocycles. The average molecular weight is 443 g/mol. The number of nitrogens with one attached hydrogen (secondary N) is 1. The van der Waals surface area contributed by atoms with Crippen LogP contribution in [0, 0.1) is 0 Å². The number of nitrogens with zero attached hydrogens (tertiary/aromatic N) is 1. The topological polar surface area (TPSA) is 80.2 Å². The maximum atomic E-state index is 12.6. The first-order valence-electron chi connectivity index (χ1n) is 8.59. The van der Waals surface area contributed by atoms with Crippen LogP contribution < -0.4 is 14.9 Å². The number of amides is 1. The summed E-state index contributed by atoms with van der Waals surface area (Å²) in [5, 5.41) is 15.9. The van der Waals surface area contributed by atoms with Crippen LogP contribution >= 0.6 is 15.9 Å². The van der Waals surface area contributed by atoms with Gasteiger partial charge in [0, 0.05) is 0 Å². The number of carbonyl (C=O) groups is 1. The number of hydrogen-bond acceptors (Lipinski definition) is 5. The Morgan fingerprint density at radius 2 is 1.89 bits per heavy atom. The molecule has 0 unspecified atom stereocenters. The van der Waals surface area contributed by atoms with Crippen LogP contribution in [0.15, 0.2) is 58.1 Å². The Bertz CT molecular complexity index is 1050. The van der Waals surface area contributed by atoms with Gasteiger partial charge in [-0.3, -0.25) is 4.79 Å². The molecule has 0 aliphatic carbocycles. The summed E-state index contributed by atoms with van der Waals surface area (Å²) in [6.07, 6.45) is 1.47. The molecule has 0 saturated heterocycles. The minimum atomic E-state index is -0.387. The van der Waals surface area contributed by atoms with Crippen molar-refractivity contribution < 1.29 is 19.4 Å². The highest BCUT2D eigenvalue weighted by Gasteiger charge is 2.13. The van der Waals surface area contributed by atoms with E-state index in [-0.39, 0.29) is 11.7 Å². The lowest BCUT2D eigenvalue weighted by molar-refractivity contribution is 0.0952. The maximum absolute atomic E-state index is 12.6. The Kier molecular flexibility index (Phi) is 6.16. The van der Waals surface area contributed by atoms with Gasteiger partial charge in [-0.2, -0.15) is 5.10 Å². The molecule has 6 nitrogen and oxygen atoms in total. The number of hydrazone groups is 1. The third-order valence-electron chi connectivity index (χ3n) is 4.04. The molecule has 0 fully saturated rings. The van der Waals surface area contributed by atoms with E-state index in [1.54, 1.807) is 18.2 Å². The number of fused-ring (bicyclic) bond motifs is 1. The molecule has 0 radical (unpaired) electrons. The van der Waals surface area contributed by atoms with E-state index in [0.717, 1.165) is 10.8 Å². The predicted molar refractivity (Wildman–Crippen MR) is 113 cm³/mol. The van der Waals surface area contributed by atoms with Gasteiger partial charge in [0.05, 0.1) is 30.0 Å². The molecular weight excluding hydrogens is 424 g/mol. The molecule has 1 amide bonds. The SMILES string of the molecule is CCOc1cc(/C=N/NC(=O)c2cc3ccccc3cc2OC)cc(Br)c1O.